The van der Waals surface area contributed by atoms with Crippen molar-refractivity contribution in [1.29, 1.82) is 0 Å². The molecule has 48 heavy (non-hydrogen) atoms. The summed E-state index contributed by atoms with van der Waals surface area (Å²) < 4.78 is 12.8. The maximum Gasteiger partial charge on any atom is 0.313 e. The molecule has 4 heterocycles. The molecule has 5 bridgehead atoms. The Morgan fingerprint density at radius 3 is 2.44 bits per heavy atom. The van der Waals surface area contributed by atoms with Crippen molar-refractivity contribution >= 4 is 23.7 Å². The van der Waals surface area contributed by atoms with Crippen LogP contribution in [0.5, 0.6) is 0 Å². The van der Waals surface area contributed by atoms with E-state index >= 15 is 0 Å². The highest BCUT2D eigenvalue weighted by molar-refractivity contribution is 5.99. The van der Waals surface area contributed by atoms with Crippen LogP contribution in [0.1, 0.15) is 56.8 Å². The molecule has 10 nitrogen and oxygen atoms in total. The quantitative estimate of drug-likeness (QED) is 0.330. The third-order valence-corrected chi connectivity index (χ3v) is 10.1. The topological polar surface area (TPSA) is 125 Å². The van der Waals surface area contributed by atoms with Gasteiger partial charge in [-0.05, 0) is 37.3 Å². The number of esters is 1. The van der Waals surface area contributed by atoms with Crippen molar-refractivity contribution < 1.29 is 33.8 Å². The molecular weight excluding hydrogens is 610 g/mol. The molecule has 2 saturated heterocycles. The summed E-state index contributed by atoms with van der Waals surface area (Å²) in [5, 5.41) is 13.8. The van der Waals surface area contributed by atoms with E-state index in [0.717, 1.165) is 18.4 Å². The van der Waals surface area contributed by atoms with E-state index in [1.807, 2.05) is 79.7 Å². The van der Waals surface area contributed by atoms with Gasteiger partial charge in [-0.2, -0.15) is 0 Å². The van der Waals surface area contributed by atoms with Crippen LogP contribution in [0.2, 0.25) is 0 Å². The van der Waals surface area contributed by atoms with Crippen LogP contribution in [0.4, 0.5) is 0 Å². The minimum absolute atomic E-state index is 0.184. The summed E-state index contributed by atoms with van der Waals surface area (Å²) in [6.07, 6.45) is 8.34. The zero-order valence-electron chi connectivity index (χ0n) is 27.6. The molecule has 4 aliphatic heterocycles. The average Bonchev–Trinajstić information content (AvgIpc) is 3.74. The summed E-state index contributed by atoms with van der Waals surface area (Å²) >= 11 is 0. The van der Waals surface area contributed by atoms with Gasteiger partial charge in [0.15, 0.2) is 0 Å². The standard InChI is InChI=1S/C38H45N3O7/c1-3-4-21-40-22-13-7-12-18-30(43)39-25(2)33(27-16-10-6-11-17-27)47-37(46)31-29-19-20-38(48-29)32(31)35(44)41(34(38)36(40)45)28(24-42)23-26-14-8-5-9-15-26/h5-11,13-17,19-20,25,28-29,31-34,42H,3-4,12,18,21-24H2,1-2H3,(H,39,43)/b13-7-/t25-,28+,29+,31-,32-,33+,34+,38-/m0/s1. The first kappa shape index (κ1) is 33.6. The number of carbonyl (C=O) groups excluding carboxylic acids is 4. The number of fused-ring (bicyclic) bond motifs is 2. The number of nitrogens with one attached hydrogen (secondary N) is 1. The number of aliphatic hydroxyl groups is 1. The second-order valence-electron chi connectivity index (χ2n) is 13.2. The van der Waals surface area contributed by atoms with E-state index in [1.165, 1.54) is 4.90 Å². The van der Waals surface area contributed by atoms with Crippen LogP contribution in [-0.2, 0) is 35.1 Å². The molecule has 1 spiro atoms. The number of likely N-dealkylation sites (tertiary alicyclic amines) is 1. The van der Waals surface area contributed by atoms with Crippen molar-refractivity contribution in [1.82, 2.24) is 15.1 Å². The number of amides is 3. The van der Waals surface area contributed by atoms with Crippen molar-refractivity contribution in [2.45, 2.75) is 81.9 Å². The normalized spacial score (nSPS) is 31.8. The maximum atomic E-state index is 14.8. The lowest BCUT2D eigenvalue weighted by atomic mass is 9.74. The van der Waals surface area contributed by atoms with Gasteiger partial charge in [-0.15, -0.1) is 0 Å². The number of carbonyl (C=O) groups is 4. The van der Waals surface area contributed by atoms with Crippen molar-refractivity contribution in [2.75, 3.05) is 19.7 Å². The Morgan fingerprint density at radius 2 is 1.73 bits per heavy atom. The Kier molecular flexibility index (Phi) is 10.1. The number of nitrogens with zero attached hydrogens (tertiary/aromatic N) is 2. The second-order valence-corrected chi connectivity index (χ2v) is 13.2. The van der Waals surface area contributed by atoms with Gasteiger partial charge in [-0.1, -0.05) is 98.3 Å². The zero-order chi connectivity index (χ0) is 33.8. The van der Waals surface area contributed by atoms with Crippen molar-refractivity contribution in [3.05, 3.63) is 96.1 Å². The Bertz CT molecular complexity index is 1550. The Hall–Kier alpha value is -4.28. The van der Waals surface area contributed by atoms with E-state index in [-0.39, 0.29) is 31.4 Å². The fraction of sp³-hybridized carbons (Fsp3) is 0.474. The third kappa shape index (κ3) is 6.31. The SMILES string of the molecule is CCCCN1C/C=C\CCC(=O)N[C@@H](C)[C@H](c2ccccc2)OC(=O)[C@@H]2[C@H]3C(=O)N([C@@H](CO)Cc4ccccc4)[C@H](C1=O)[C@]31C=C[C@H]2O1. The molecule has 8 atom stereocenters. The lowest BCUT2D eigenvalue weighted by molar-refractivity contribution is -0.162. The van der Waals surface area contributed by atoms with Gasteiger partial charge in [0.05, 0.1) is 30.7 Å². The molecule has 0 radical (unpaired) electrons. The molecule has 0 saturated carbocycles. The third-order valence-electron chi connectivity index (χ3n) is 10.1. The van der Waals surface area contributed by atoms with Gasteiger partial charge in [0.2, 0.25) is 17.7 Å². The predicted octanol–water partition coefficient (Wildman–Crippen LogP) is 3.51. The molecule has 4 aliphatic rings. The number of ether oxygens (including phenoxy) is 2. The Labute approximate surface area is 281 Å². The van der Waals surface area contributed by atoms with Gasteiger partial charge in [-0.25, -0.2) is 0 Å². The molecule has 0 unspecified atom stereocenters. The number of hydrogen-bond acceptors (Lipinski definition) is 7. The maximum absolute atomic E-state index is 14.8. The van der Waals surface area contributed by atoms with Crippen LogP contribution >= 0.6 is 0 Å². The molecule has 10 heteroatoms. The number of benzene rings is 2. The van der Waals surface area contributed by atoms with Crippen LogP contribution < -0.4 is 5.32 Å². The minimum Gasteiger partial charge on any atom is -0.455 e. The Morgan fingerprint density at radius 1 is 1.00 bits per heavy atom. The molecule has 3 amide bonds. The molecular formula is C38H45N3O7. The number of hydrogen-bond donors (Lipinski definition) is 2. The van der Waals surface area contributed by atoms with Crippen LogP contribution in [0.25, 0.3) is 0 Å². The summed E-state index contributed by atoms with van der Waals surface area (Å²) in [6, 6.07) is 16.3. The monoisotopic (exact) mass is 655 g/mol. The van der Waals surface area contributed by atoms with Gasteiger partial charge in [0, 0.05) is 19.5 Å². The van der Waals surface area contributed by atoms with Gasteiger partial charge in [0.25, 0.3) is 0 Å². The molecule has 2 aromatic rings. The number of unbranched alkanes of at least 4 members (excludes halogenated alkanes) is 1. The summed E-state index contributed by atoms with van der Waals surface area (Å²) in [6.45, 7) is 4.20. The molecule has 0 aliphatic carbocycles. The first-order valence-electron chi connectivity index (χ1n) is 17.1. The molecule has 2 N–H and O–H groups in total. The zero-order valence-corrected chi connectivity index (χ0v) is 27.6. The number of cyclic esters (lactones) is 1. The molecule has 6 rings (SSSR count). The van der Waals surface area contributed by atoms with Crippen molar-refractivity contribution in [2.24, 2.45) is 11.8 Å². The first-order chi connectivity index (χ1) is 23.3. The highest BCUT2D eigenvalue weighted by Gasteiger charge is 2.74. The van der Waals surface area contributed by atoms with Crippen molar-refractivity contribution in [3.63, 3.8) is 0 Å². The molecule has 0 aromatic heterocycles. The van der Waals surface area contributed by atoms with E-state index < -0.39 is 59.6 Å². The average molecular weight is 656 g/mol. The van der Waals surface area contributed by atoms with Gasteiger partial charge < -0.3 is 29.7 Å². The molecule has 2 aromatic carbocycles. The van der Waals surface area contributed by atoms with Gasteiger partial charge >= 0.3 is 5.97 Å². The van der Waals surface area contributed by atoms with Crippen LogP contribution in [-0.4, -0.2) is 88.1 Å². The number of aliphatic hydroxyl groups excluding tert-OH is 1. The molecule has 2 fully saturated rings. The summed E-state index contributed by atoms with van der Waals surface area (Å²) in [4.78, 5) is 60.0. The predicted molar refractivity (Wildman–Crippen MR) is 178 cm³/mol. The van der Waals surface area contributed by atoms with E-state index in [9.17, 15) is 24.3 Å². The van der Waals surface area contributed by atoms with E-state index in [1.54, 1.807) is 24.0 Å². The fourth-order valence-corrected chi connectivity index (χ4v) is 7.74. The highest BCUT2D eigenvalue weighted by Crippen LogP contribution is 2.56. The Balaban J connectivity index is 1.44. The van der Waals surface area contributed by atoms with Crippen LogP contribution in [0, 0.1) is 11.8 Å². The number of allylic oxidation sites excluding steroid dienone is 1. The van der Waals surface area contributed by atoms with E-state index in [0.29, 0.717) is 24.9 Å². The van der Waals surface area contributed by atoms with E-state index in [4.69, 9.17) is 9.47 Å². The first-order valence-corrected chi connectivity index (χ1v) is 17.1. The largest absolute Gasteiger partial charge is 0.455 e. The summed E-state index contributed by atoms with van der Waals surface area (Å²) in [5.41, 5.74) is 0.202. The minimum atomic E-state index is -1.41. The van der Waals surface area contributed by atoms with Crippen LogP contribution in [0.15, 0.2) is 85.0 Å². The van der Waals surface area contributed by atoms with Gasteiger partial charge in [0.1, 0.15) is 23.7 Å². The lowest BCUT2D eigenvalue weighted by Crippen LogP contribution is -2.59. The number of rotatable bonds is 8. The highest BCUT2D eigenvalue weighted by atomic mass is 16.6. The summed E-state index contributed by atoms with van der Waals surface area (Å²) in [7, 11) is 0. The fourth-order valence-electron chi connectivity index (χ4n) is 7.74. The van der Waals surface area contributed by atoms with Crippen LogP contribution in [0.3, 0.4) is 0 Å². The van der Waals surface area contributed by atoms with E-state index in [2.05, 4.69) is 5.32 Å². The second kappa shape index (κ2) is 14.5. The van der Waals surface area contributed by atoms with Crippen molar-refractivity contribution in [3.8, 4) is 0 Å². The smallest absolute Gasteiger partial charge is 0.313 e. The summed E-state index contributed by atoms with van der Waals surface area (Å²) in [5.74, 6) is -3.58. The van der Waals surface area contributed by atoms with Gasteiger partial charge in [-0.3, -0.25) is 19.2 Å². The lowest BCUT2D eigenvalue weighted by Gasteiger charge is -2.39. The molecule has 254 valence electrons.